The number of furan rings is 1. The lowest BCUT2D eigenvalue weighted by atomic mass is 9.97. The number of amides is 1. The highest BCUT2D eigenvalue weighted by molar-refractivity contribution is 7.16. The molecule has 0 spiro atoms. The molecular weight excluding hydrogens is 356 g/mol. The molecule has 0 unspecified atom stereocenters. The summed E-state index contributed by atoms with van der Waals surface area (Å²) >= 11 is 3.01. The van der Waals surface area contributed by atoms with Gasteiger partial charge in [0.05, 0.1) is 6.26 Å². The molecule has 1 fully saturated rings. The van der Waals surface area contributed by atoms with Gasteiger partial charge in [-0.2, -0.15) is 0 Å². The van der Waals surface area contributed by atoms with E-state index in [9.17, 15) is 4.79 Å². The first-order valence-electron chi connectivity index (χ1n) is 8.20. The Hall–Kier alpha value is -2.03. The average molecular weight is 374 g/mol. The minimum Gasteiger partial charge on any atom is -0.462 e. The fourth-order valence-corrected chi connectivity index (χ4v) is 4.77. The molecule has 1 saturated heterocycles. The number of nitrogens with one attached hydrogen (secondary N) is 2. The van der Waals surface area contributed by atoms with Crippen LogP contribution in [0.15, 0.2) is 29.0 Å². The molecule has 0 atom stereocenters. The van der Waals surface area contributed by atoms with Crippen LogP contribution < -0.4 is 10.6 Å². The molecular formula is C17H18N4O2S2. The maximum Gasteiger partial charge on any atom is 0.277 e. The van der Waals surface area contributed by atoms with Crippen molar-refractivity contribution in [2.45, 2.75) is 25.7 Å². The Labute approximate surface area is 153 Å². The molecule has 3 aromatic heterocycles. The van der Waals surface area contributed by atoms with Crippen molar-refractivity contribution in [1.82, 2.24) is 15.3 Å². The van der Waals surface area contributed by atoms with Crippen LogP contribution in [0.1, 0.15) is 39.0 Å². The summed E-state index contributed by atoms with van der Waals surface area (Å²) in [5.74, 6) is 0.989. The fraction of sp³-hybridized carbons (Fsp3) is 0.353. The Bertz CT molecular complexity index is 863. The number of carbonyl (C=O) groups is 1. The van der Waals surface area contributed by atoms with E-state index in [0.717, 1.165) is 30.8 Å². The highest BCUT2D eigenvalue weighted by atomic mass is 32.1. The molecule has 0 saturated carbocycles. The van der Waals surface area contributed by atoms with Gasteiger partial charge in [-0.3, -0.25) is 10.1 Å². The summed E-state index contributed by atoms with van der Waals surface area (Å²) in [6.07, 6.45) is 5.72. The topological polar surface area (TPSA) is 80.1 Å². The standard InChI is InChI=1S/C17H18N4O2S2/c1-10-14(20-16(24-10)12-3-2-8-23-12)15(22)21-17-19-9-13(25-17)11-4-6-18-7-5-11/h2-3,8-9,11,18H,4-7H2,1H3,(H,19,21,22). The summed E-state index contributed by atoms with van der Waals surface area (Å²) in [6, 6.07) is 3.65. The zero-order valence-corrected chi connectivity index (χ0v) is 15.4. The first-order valence-corrected chi connectivity index (χ1v) is 9.83. The van der Waals surface area contributed by atoms with Crippen LogP contribution in [0.5, 0.6) is 0 Å². The number of anilines is 1. The molecule has 8 heteroatoms. The number of nitrogens with zero attached hydrogens (tertiary/aromatic N) is 2. The lowest BCUT2D eigenvalue weighted by Gasteiger charge is -2.20. The number of thiazole rings is 2. The number of hydrogen-bond donors (Lipinski definition) is 2. The maximum absolute atomic E-state index is 12.6. The number of piperidine rings is 1. The quantitative estimate of drug-likeness (QED) is 0.724. The van der Waals surface area contributed by atoms with Gasteiger partial charge >= 0.3 is 0 Å². The molecule has 0 radical (unpaired) electrons. The summed E-state index contributed by atoms with van der Waals surface area (Å²) in [7, 11) is 0. The van der Waals surface area contributed by atoms with E-state index in [-0.39, 0.29) is 5.91 Å². The second-order valence-corrected chi connectivity index (χ2v) is 8.21. The number of rotatable bonds is 4. The lowest BCUT2D eigenvalue weighted by molar-refractivity contribution is 0.102. The summed E-state index contributed by atoms with van der Waals surface area (Å²) < 4.78 is 5.36. The normalized spacial score (nSPS) is 15.4. The molecule has 1 aliphatic rings. The van der Waals surface area contributed by atoms with E-state index >= 15 is 0 Å². The van der Waals surface area contributed by atoms with Crippen LogP contribution in [-0.4, -0.2) is 29.0 Å². The third-order valence-corrected chi connectivity index (χ3v) is 6.29. The van der Waals surface area contributed by atoms with Crippen molar-refractivity contribution < 1.29 is 9.21 Å². The third kappa shape index (κ3) is 3.51. The van der Waals surface area contributed by atoms with Crippen LogP contribution in [0.25, 0.3) is 10.8 Å². The summed E-state index contributed by atoms with van der Waals surface area (Å²) in [4.78, 5) is 23.5. The van der Waals surface area contributed by atoms with Gasteiger partial charge in [-0.05, 0) is 50.9 Å². The van der Waals surface area contributed by atoms with Gasteiger partial charge in [0.15, 0.2) is 15.9 Å². The summed E-state index contributed by atoms with van der Waals surface area (Å²) in [5.41, 5.74) is 0.426. The van der Waals surface area contributed by atoms with Crippen LogP contribution in [-0.2, 0) is 0 Å². The predicted octanol–water partition coefficient (Wildman–Crippen LogP) is 3.89. The highest BCUT2D eigenvalue weighted by Gasteiger charge is 2.21. The number of hydrogen-bond acceptors (Lipinski definition) is 7. The molecule has 25 heavy (non-hydrogen) atoms. The molecule has 4 heterocycles. The monoisotopic (exact) mass is 374 g/mol. The molecule has 6 nitrogen and oxygen atoms in total. The van der Waals surface area contributed by atoms with Gasteiger partial charge in [-0.15, -0.1) is 22.7 Å². The number of carbonyl (C=O) groups excluding carboxylic acids is 1. The van der Waals surface area contributed by atoms with Crippen molar-refractivity contribution in [2.24, 2.45) is 0 Å². The third-order valence-electron chi connectivity index (χ3n) is 4.23. The van der Waals surface area contributed by atoms with Gasteiger partial charge in [0, 0.05) is 16.0 Å². The Morgan fingerprint density at radius 3 is 2.96 bits per heavy atom. The Morgan fingerprint density at radius 2 is 2.20 bits per heavy atom. The molecule has 0 bridgehead atoms. The molecule has 130 valence electrons. The van der Waals surface area contributed by atoms with Gasteiger partial charge in [-0.25, -0.2) is 9.97 Å². The van der Waals surface area contributed by atoms with Crippen LogP contribution in [0.4, 0.5) is 5.13 Å². The fourth-order valence-electron chi connectivity index (χ4n) is 2.91. The minimum atomic E-state index is -0.224. The van der Waals surface area contributed by atoms with Gasteiger partial charge in [-0.1, -0.05) is 0 Å². The van der Waals surface area contributed by atoms with Crippen LogP contribution >= 0.6 is 22.7 Å². The SMILES string of the molecule is Cc1sc(-c2ccco2)nc1C(=O)Nc1ncc(C2CCNCC2)s1. The van der Waals surface area contributed by atoms with Crippen LogP contribution in [0.2, 0.25) is 0 Å². The van der Waals surface area contributed by atoms with Crippen molar-refractivity contribution in [3.8, 4) is 10.8 Å². The molecule has 3 aromatic rings. The van der Waals surface area contributed by atoms with Crippen molar-refractivity contribution >= 4 is 33.7 Å². The number of aryl methyl sites for hydroxylation is 1. The van der Waals surface area contributed by atoms with Crippen molar-refractivity contribution in [1.29, 1.82) is 0 Å². The summed E-state index contributed by atoms with van der Waals surface area (Å²) in [5, 5.41) is 7.59. The van der Waals surface area contributed by atoms with Gasteiger partial charge in [0.1, 0.15) is 5.69 Å². The van der Waals surface area contributed by atoms with Crippen molar-refractivity contribution in [3.05, 3.63) is 40.0 Å². The smallest absolute Gasteiger partial charge is 0.277 e. The molecule has 0 aromatic carbocycles. The second kappa shape index (κ2) is 7.07. The van der Waals surface area contributed by atoms with Gasteiger partial charge in [0.2, 0.25) is 0 Å². The van der Waals surface area contributed by atoms with Crippen LogP contribution in [0, 0.1) is 6.92 Å². The Kier molecular flexibility index (Phi) is 4.65. The Balaban J connectivity index is 1.48. The first-order chi connectivity index (χ1) is 12.2. The minimum absolute atomic E-state index is 0.224. The van der Waals surface area contributed by atoms with Crippen molar-refractivity contribution in [3.63, 3.8) is 0 Å². The first kappa shape index (κ1) is 16.4. The van der Waals surface area contributed by atoms with Gasteiger partial charge < -0.3 is 9.73 Å². The zero-order chi connectivity index (χ0) is 17.2. The van der Waals surface area contributed by atoms with E-state index in [2.05, 4.69) is 20.6 Å². The largest absolute Gasteiger partial charge is 0.462 e. The van der Waals surface area contributed by atoms with E-state index < -0.39 is 0 Å². The van der Waals surface area contributed by atoms with E-state index in [1.165, 1.54) is 16.2 Å². The summed E-state index contributed by atoms with van der Waals surface area (Å²) in [6.45, 7) is 3.97. The molecule has 1 amide bonds. The lowest BCUT2D eigenvalue weighted by Crippen LogP contribution is -2.26. The average Bonchev–Trinajstić information content (AvgIpc) is 3.35. The molecule has 1 aliphatic heterocycles. The maximum atomic E-state index is 12.6. The van der Waals surface area contributed by atoms with Crippen molar-refractivity contribution in [2.75, 3.05) is 18.4 Å². The molecule has 4 rings (SSSR count). The van der Waals surface area contributed by atoms with E-state index in [1.54, 1.807) is 17.6 Å². The number of aromatic nitrogens is 2. The van der Waals surface area contributed by atoms with E-state index in [0.29, 0.717) is 27.5 Å². The Morgan fingerprint density at radius 1 is 1.36 bits per heavy atom. The highest BCUT2D eigenvalue weighted by Crippen LogP contribution is 2.32. The van der Waals surface area contributed by atoms with Crippen LogP contribution in [0.3, 0.4) is 0 Å². The predicted molar refractivity (Wildman–Crippen MR) is 99.5 cm³/mol. The second-order valence-electron chi connectivity index (χ2n) is 5.95. The molecule has 2 N–H and O–H groups in total. The van der Waals surface area contributed by atoms with E-state index in [4.69, 9.17) is 4.42 Å². The van der Waals surface area contributed by atoms with E-state index in [1.807, 2.05) is 25.3 Å². The van der Waals surface area contributed by atoms with Gasteiger partial charge in [0.25, 0.3) is 5.91 Å². The zero-order valence-electron chi connectivity index (χ0n) is 13.7. The molecule has 0 aliphatic carbocycles.